The maximum atomic E-state index is 12.7. The lowest BCUT2D eigenvalue weighted by Gasteiger charge is -2.16. The summed E-state index contributed by atoms with van der Waals surface area (Å²) in [4.78, 5) is 19.6. The van der Waals surface area contributed by atoms with Gasteiger partial charge in [0.2, 0.25) is 0 Å². The van der Waals surface area contributed by atoms with Gasteiger partial charge in [0.15, 0.2) is 0 Å². The van der Waals surface area contributed by atoms with Crippen molar-refractivity contribution in [3.05, 3.63) is 71.1 Å². The van der Waals surface area contributed by atoms with E-state index in [9.17, 15) is 9.90 Å². The number of aliphatic hydroxyl groups is 1. The lowest BCUT2D eigenvalue weighted by atomic mass is 10.1. The van der Waals surface area contributed by atoms with Crippen molar-refractivity contribution >= 4 is 23.3 Å². The van der Waals surface area contributed by atoms with Crippen LogP contribution in [-0.4, -0.2) is 33.6 Å². The molecule has 0 fully saturated rings. The number of H-pyrrole nitrogens is 1. The molecule has 0 bridgehead atoms. The third kappa shape index (κ3) is 4.71. The molecule has 3 aromatic rings. The highest BCUT2D eigenvalue weighted by Gasteiger charge is 2.17. The fourth-order valence-electron chi connectivity index (χ4n) is 2.72. The van der Waals surface area contributed by atoms with E-state index in [2.05, 4.69) is 20.6 Å². The monoisotopic (exact) mass is 404 g/mol. The normalized spacial score (nSPS) is 16.1. The second kappa shape index (κ2) is 8.91. The molecule has 0 aliphatic carbocycles. The minimum absolute atomic E-state index is 0.00766. The molecule has 0 spiro atoms. The number of hydrogen-bond acceptors (Lipinski definition) is 4. The van der Waals surface area contributed by atoms with Gasteiger partial charge < -0.3 is 20.7 Å². The number of hydrogen-bond donors (Lipinski definition) is 4. The van der Waals surface area contributed by atoms with Crippen LogP contribution >= 0.6 is 11.6 Å². The SMILES string of the molecule is [2H]C([2H])([2H])C(Nc1cc(-c2c[nH]c(C(=O)NC(CO)c3ccccc3)c2)c(Cl)cn1)C([2H])([2H])[2H]. The fraction of sp³-hybridized carbons (Fsp3) is 0.238. The number of carbonyl (C=O) groups is 1. The van der Waals surface area contributed by atoms with E-state index < -0.39 is 31.7 Å². The van der Waals surface area contributed by atoms with Gasteiger partial charge in [0.1, 0.15) is 11.5 Å². The highest BCUT2D eigenvalue weighted by Crippen LogP contribution is 2.30. The molecule has 0 saturated carbocycles. The smallest absolute Gasteiger partial charge is 0.268 e. The fourth-order valence-corrected chi connectivity index (χ4v) is 2.94. The molecule has 28 heavy (non-hydrogen) atoms. The van der Waals surface area contributed by atoms with Crippen LogP contribution in [0.15, 0.2) is 54.9 Å². The number of halogens is 1. The number of rotatable bonds is 7. The van der Waals surface area contributed by atoms with Crippen LogP contribution in [0, 0.1) is 0 Å². The molecule has 4 N–H and O–H groups in total. The minimum Gasteiger partial charge on any atom is -0.394 e. The number of carbonyl (C=O) groups excluding carboxylic acids is 1. The first-order valence-corrected chi connectivity index (χ1v) is 8.85. The van der Waals surface area contributed by atoms with Crippen LogP contribution in [0.5, 0.6) is 0 Å². The molecule has 0 aliphatic heterocycles. The van der Waals surface area contributed by atoms with Crippen LogP contribution in [0.2, 0.25) is 5.02 Å². The van der Waals surface area contributed by atoms with Crippen molar-refractivity contribution in [1.82, 2.24) is 15.3 Å². The van der Waals surface area contributed by atoms with E-state index >= 15 is 0 Å². The number of aromatic amines is 1. The van der Waals surface area contributed by atoms with E-state index in [4.69, 9.17) is 19.8 Å². The lowest BCUT2D eigenvalue weighted by Crippen LogP contribution is -2.30. The third-order valence-electron chi connectivity index (χ3n) is 4.08. The Labute approximate surface area is 177 Å². The molecule has 6 nitrogen and oxygen atoms in total. The summed E-state index contributed by atoms with van der Waals surface area (Å²) in [5.41, 5.74) is 1.86. The van der Waals surface area contributed by atoms with E-state index in [1.165, 1.54) is 24.5 Å². The largest absolute Gasteiger partial charge is 0.394 e. The quantitative estimate of drug-likeness (QED) is 0.479. The van der Waals surface area contributed by atoms with Crippen molar-refractivity contribution in [3.8, 4) is 11.1 Å². The van der Waals surface area contributed by atoms with E-state index in [-0.39, 0.29) is 23.1 Å². The van der Waals surface area contributed by atoms with Gasteiger partial charge in [-0.3, -0.25) is 4.79 Å². The van der Waals surface area contributed by atoms with Gasteiger partial charge in [-0.1, -0.05) is 41.9 Å². The Morgan fingerprint density at radius 3 is 2.82 bits per heavy atom. The van der Waals surface area contributed by atoms with Gasteiger partial charge in [-0.05, 0) is 31.4 Å². The van der Waals surface area contributed by atoms with Crippen molar-refractivity contribution in [1.29, 1.82) is 0 Å². The van der Waals surface area contributed by atoms with Crippen LogP contribution in [0.1, 0.15) is 44.0 Å². The van der Waals surface area contributed by atoms with Gasteiger partial charge in [0.25, 0.3) is 5.91 Å². The van der Waals surface area contributed by atoms with Gasteiger partial charge >= 0.3 is 0 Å². The first-order valence-electron chi connectivity index (χ1n) is 11.5. The summed E-state index contributed by atoms with van der Waals surface area (Å²) >= 11 is 6.26. The molecule has 2 heterocycles. The van der Waals surface area contributed by atoms with Crippen LogP contribution in [0.4, 0.5) is 5.82 Å². The zero-order valence-corrected chi connectivity index (χ0v) is 15.5. The summed E-state index contributed by atoms with van der Waals surface area (Å²) in [5.74, 6) is -0.448. The number of anilines is 1. The summed E-state index contributed by atoms with van der Waals surface area (Å²) in [6, 6.07) is 9.53. The molecule has 0 radical (unpaired) electrons. The van der Waals surface area contributed by atoms with Crippen LogP contribution in [-0.2, 0) is 0 Å². The Balaban J connectivity index is 1.82. The van der Waals surface area contributed by atoms with Crippen LogP contribution in [0.3, 0.4) is 0 Å². The number of aliphatic hydroxyl groups excluding tert-OH is 1. The Kier molecular flexibility index (Phi) is 4.25. The number of pyridine rings is 1. The van der Waals surface area contributed by atoms with Gasteiger partial charge in [-0.25, -0.2) is 4.98 Å². The molecule has 2 aromatic heterocycles. The first kappa shape index (κ1) is 13.4. The topological polar surface area (TPSA) is 90.0 Å². The number of amides is 1. The summed E-state index contributed by atoms with van der Waals surface area (Å²) < 4.78 is 45.2. The van der Waals surface area contributed by atoms with Crippen LogP contribution < -0.4 is 10.6 Å². The number of aromatic nitrogens is 2. The van der Waals surface area contributed by atoms with E-state index in [1.54, 1.807) is 24.3 Å². The van der Waals surface area contributed by atoms with Gasteiger partial charge in [-0.15, -0.1) is 0 Å². The Morgan fingerprint density at radius 2 is 2.11 bits per heavy atom. The van der Waals surface area contributed by atoms with Crippen LogP contribution in [0.25, 0.3) is 11.1 Å². The molecule has 7 heteroatoms. The van der Waals surface area contributed by atoms with Gasteiger partial charge in [0, 0.05) is 37.8 Å². The van der Waals surface area contributed by atoms with Gasteiger partial charge in [0.05, 0.1) is 17.7 Å². The predicted molar refractivity (Wildman–Crippen MR) is 112 cm³/mol. The minimum atomic E-state index is -2.80. The van der Waals surface area contributed by atoms with Crippen molar-refractivity contribution in [2.75, 3.05) is 11.9 Å². The summed E-state index contributed by atoms with van der Waals surface area (Å²) in [6.07, 6.45) is 2.79. The molecular weight excluding hydrogens is 376 g/mol. The predicted octanol–water partition coefficient (Wildman–Crippen LogP) is 4.01. The van der Waals surface area contributed by atoms with Gasteiger partial charge in [-0.2, -0.15) is 0 Å². The van der Waals surface area contributed by atoms with Crippen molar-refractivity contribution in [2.45, 2.75) is 25.8 Å². The van der Waals surface area contributed by atoms with Crippen molar-refractivity contribution in [3.63, 3.8) is 0 Å². The van der Waals surface area contributed by atoms with Crippen molar-refractivity contribution < 1.29 is 18.1 Å². The zero-order valence-electron chi connectivity index (χ0n) is 20.7. The first-order chi connectivity index (χ1) is 15.9. The summed E-state index contributed by atoms with van der Waals surface area (Å²) in [6.45, 7) is -5.88. The Hall–Kier alpha value is -2.83. The second-order valence-corrected chi connectivity index (χ2v) is 6.46. The zero-order chi connectivity index (χ0) is 25.1. The van der Waals surface area contributed by atoms with E-state index in [0.29, 0.717) is 11.1 Å². The van der Waals surface area contributed by atoms with E-state index in [1.807, 2.05) is 6.07 Å². The number of benzene rings is 1. The highest BCUT2D eigenvalue weighted by molar-refractivity contribution is 6.33. The molecule has 1 aromatic carbocycles. The third-order valence-corrected chi connectivity index (χ3v) is 4.38. The summed E-state index contributed by atoms with van der Waals surface area (Å²) in [5, 5.41) is 15.1. The van der Waals surface area contributed by atoms with Crippen molar-refractivity contribution in [2.24, 2.45) is 0 Å². The molecule has 0 saturated heterocycles. The number of nitrogens with zero attached hydrogens (tertiary/aromatic N) is 1. The molecule has 1 unspecified atom stereocenters. The average Bonchev–Trinajstić information content (AvgIpc) is 3.26. The number of nitrogens with one attached hydrogen (secondary N) is 3. The summed E-state index contributed by atoms with van der Waals surface area (Å²) in [7, 11) is 0. The molecular formula is C21H23ClN4O2. The highest BCUT2D eigenvalue weighted by atomic mass is 35.5. The molecule has 0 aliphatic rings. The maximum Gasteiger partial charge on any atom is 0.268 e. The average molecular weight is 405 g/mol. The molecule has 1 amide bonds. The second-order valence-electron chi connectivity index (χ2n) is 6.05. The molecule has 146 valence electrons. The Morgan fingerprint density at radius 1 is 1.32 bits per heavy atom. The molecule has 1 atom stereocenters. The van der Waals surface area contributed by atoms with E-state index in [0.717, 1.165) is 5.56 Å². The molecule has 3 rings (SSSR count). The standard InChI is InChI=1S/C21H23ClN4O2/c1-13(2)25-20-9-16(17(22)11-24-20)15-8-18(23-10-15)21(28)26-19(12-27)14-6-4-3-5-7-14/h3-11,13,19,23,27H,12H2,1-2H3,(H,24,25)(H,26,28)/i1D3,2D3. The Bertz CT molecular complexity index is 1120. The maximum absolute atomic E-state index is 12.7. The lowest BCUT2D eigenvalue weighted by molar-refractivity contribution is 0.0912.